The quantitative estimate of drug-likeness (QED) is 0.732. The Hall–Kier alpha value is -0.800. The number of hydrogen-bond donors (Lipinski definition) is 1. The van der Waals surface area contributed by atoms with Gasteiger partial charge in [-0.2, -0.15) is 0 Å². The summed E-state index contributed by atoms with van der Waals surface area (Å²) in [6.07, 6.45) is 4.46. The molecule has 1 aromatic heterocycles. The summed E-state index contributed by atoms with van der Waals surface area (Å²) in [7, 11) is 1.72. The van der Waals surface area contributed by atoms with E-state index in [1.807, 2.05) is 6.07 Å². The summed E-state index contributed by atoms with van der Waals surface area (Å²) < 4.78 is 10.1. The van der Waals surface area contributed by atoms with Crippen molar-refractivity contribution in [2.45, 2.75) is 19.4 Å². The van der Waals surface area contributed by atoms with Gasteiger partial charge in [0, 0.05) is 25.3 Å². The predicted octanol–water partition coefficient (Wildman–Crippen LogP) is 1.97. The van der Waals surface area contributed by atoms with Crippen LogP contribution < -0.4 is 5.32 Å². The third-order valence-electron chi connectivity index (χ3n) is 2.01. The molecule has 74 valence electrons. The van der Waals surface area contributed by atoms with Crippen LogP contribution >= 0.6 is 0 Å². The van der Waals surface area contributed by atoms with E-state index >= 15 is 0 Å². The van der Waals surface area contributed by atoms with Crippen molar-refractivity contribution in [3.63, 3.8) is 0 Å². The maximum atomic E-state index is 5.05. The molecule has 0 amide bonds. The molecule has 0 radical (unpaired) electrons. The molecule has 3 nitrogen and oxygen atoms in total. The highest BCUT2D eigenvalue weighted by atomic mass is 16.5. The highest BCUT2D eigenvalue weighted by Gasteiger charge is 2.10. The summed E-state index contributed by atoms with van der Waals surface area (Å²) in [5, 5.41) is 3.38. The van der Waals surface area contributed by atoms with Crippen LogP contribution in [0.3, 0.4) is 0 Å². The Morgan fingerprint density at radius 3 is 3.00 bits per heavy atom. The van der Waals surface area contributed by atoms with Gasteiger partial charge in [0.25, 0.3) is 0 Å². The molecule has 1 aromatic rings. The molecule has 1 unspecified atom stereocenters. The van der Waals surface area contributed by atoms with E-state index in [1.165, 1.54) is 5.56 Å². The van der Waals surface area contributed by atoms with E-state index in [1.54, 1.807) is 19.6 Å². The van der Waals surface area contributed by atoms with Gasteiger partial charge >= 0.3 is 0 Å². The Bertz CT molecular complexity index is 209. The molecule has 0 aliphatic rings. The number of nitrogens with one attached hydrogen (secondary N) is 1. The Kier molecular flexibility index (Phi) is 4.57. The molecule has 13 heavy (non-hydrogen) atoms. The topological polar surface area (TPSA) is 34.4 Å². The zero-order chi connectivity index (χ0) is 9.52. The summed E-state index contributed by atoms with van der Waals surface area (Å²) in [4.78, 5) is 0. The van der Waals surface area contributed by atoms with Gasteiger partial charge in [-0.05, 0) is 19.0 Å². The average molecular weight is 183 g/mol. The van der Waals surface area contributed by atoms with Crippen LogP contribution in [-0.4, -0.2) is 20.3 Å². The average Bonchev–Trinajstić information content (AvgIpc) is 2.65. The standard InChI is InChI=1S/C10H17NO2/c1-3-11-10(5-6-12-2)9-4-7-13-8-9/h4,7-8,10-11H,3,5-6H2,1-2H3. The first-order valence-corrected chi connectivity index (χ1v) is 4.63. The second-order valence-corrected chi connectivity index (χ2v) is 2.95. The molecule has 0 aliphatic heterocycles. The fraction of sp³-hybridized carbons (Fsp3) is 0.600. The zero-order valence-electron chi connectivity index (χ0n) is 8.25. The number of rotatable bonds is 6. The van der Waals surface area contributed by atoms with Crippen molar-refractivity contribution in [3.05, 3.63) is 24.2 Å². The van der Waals surface area contributed by atoms with Gasteiger partial charge < -0.3 is 14.5 Å². The lowest BCUT2D eigenvalue weighted by Crippen LogP contribution is -2.21. The molecule has 0 bridgehead atoms. The lowest BCUT2D eigenvalue weighted by Gasteiger charge is -2.15. The van der Waals surface area contributed by atoms with E-state index in [9.17, 15) is 0 Å². The van der Waals surface area contributed by atoms with Crippen LogP contribution in [0.1, 0.15) is 24.9 Å². The van der Waals surface area contributed by atoms with E-state index in [0.717, 1.165) is 19.6 Å². The highest BCUT2D eigenvalue weighted by Crippen LogP contribution is 2.16. The Morgan fingerprint density at radius 1 is 1.62 bits per heavy atom. The van der Waals surface area contributed by atoms with Gasteiger partial charge in [-0.1, -0.05) is 6.92 Å². The van der Waals surface area contributed by atoms with Crippen molar-refractivity contribution < 1.29 is 9.15 Å². The van der Waals surface area contributed by atoms with E-state index in [-0.39, 0.29) is 0 Å². The molecule has 1 atom stereocenters. The van der Waals surface area contributed by atoms with Crippen molar-refractivity contribution in [1.29, 1.82) is 0 Å². The van der Waals surface area contributed by atoms with Crippen molar-refractivity contribution >= 4 is 0 Å². The molecule has 0 aliphatic carbocycles. The minimum Gasteiger partial charge on any atom is -0.472 e. The number of ether oxygens (including phenoxy) is 1. The van der Waals surface area contributed by atoms with Crippen LogP contribution in [0.5, 0.6) is 0 Å². The first kappa shape index (κ1) is 10.3. The first-order valence-electron chi connectivity index (χ1n) is 4.63. The summed E-state index contributed by atoms with van der Waals surface area (Å²) >= 11 is 0. The Morgan fingerprint density at radius 2 is 2.46 bits per heavy atom. The summed E-state index contributed by atoms with van der Waals surface area (Å²) in [5.41, 5.74) is 1.19. The molecule has 0 saturated carbocycles. The van der Waals surface area contributed by atoms with Gasteiger partial charge in [0.1, 0.15) is 0 Å². The molecule has 1 N–H and O–H groups in total. The molecule has 0 spiro atoms. The zero-order valence-corrected chi connectivity index (χ0v) is 8.25. The number of furan rings is 1. The monoisotopic (exact) mass is 183 g/mol. The van der Waals surface area contributed by atoms with E-state index < -0.39 is 0 Å². The van der Waals surface area contributed by atoms with Crippen LogP contribution in [0.15, 0.2) is 23.0 Å². The summed E-state index contributed by atoms with van der Waals surface area (Å²) in [6, 6.07) is 2.34. The molecule has 0 saturated heterocycles. The second kappa shape index (κ2) is 5.78. The lowest BCUT2D eigenvalue weighted by atomic mass is 10.1. The van der Waals surface area contributed by atoms with Crippen LogP contribution in [0.2, 0.25) is 0 Å². The second-order valence-electron chi connectivity index (χ2n) is 2.95. The molecule has 1 heterocycles. The van der Waals surface area contributed by atoms with Gasteiger partial charge in [0.05, 0.1) is 12.5 Å². The largest absolute Gasteiger partial charge is 0.472 e. The fourth-order valence-corrected chi connectivity index (χ4v) is 1.34. The summed E-state index contributed by atoms with van der Waals surface area (Å²) in [6.45, 7) is 3.82. The number of hydrogen-bond acceptors (Lipinski definition) is 3. The van der Waals surface area contributed by atoms with Gasteiger partial charge in [0.15, 0.2) is 0 Å². The maximum Gasteiger partial charge on any atom is 0.0950 e. The van der Waals surface area contributed by atoms with Crippen LogP contribution in [0.25, 0.3) is 0 Å². The van der Waals surface area contributed by atoms with E-state index in [4.69, 9.17) is 9.15 Å². The lowest BCUT2D eigenvalue weighted by molar-refractivity contribution is 0.183. The number of methoxy groups -OCH3 is 1. The first-order chi connectivity index (χ1) is 6.38. The maximum absolute atomic E-state index is 5.05. The van der Waals surface area contributed by atoms with Crippen molar-refractivity contribution in [3.8, 4) is 0 Å². The van der Waals surface area contributed by atoms with Crippen molar-refractivity contribution in [1.82, 2.24) is 5.32 Å². The normalized spacial score (nSPS) is 13.1. The minimum absolute atomic E-state index is 0.351. The third-order valence-corrected chi connectivity index (χ3v) is 2.01. The summed E-state index contributed by atoms with van der Waals surface area (Å²) in [5.74, 6) is 0. The van der Waals surface area contributed by atoms with E-state index in [0.29, 0.717) is 6.04 Å². The highest BCUT2D eigenvalue weighted by molar-refractivity contribution is 5.11. The van der Waals surface area contributed by atoms with Gasteiger partial charge in [-0.25, -0.2) is 0 Å². The van der Waals surface area contributed by atoms with Crippen LogP contribution in [-0.2, 0) is 4.74 Å². The van der Waals surface area contributed by atoms with Crippen LogP contribution in [0, 0.1) is 0 Å². The molecular weight excluding hydrogens is 166 g/mol. The third kappa shape index (κ3) is 3.20. The fourth-order valence-electron chi connectivity index (χ4n) is 1.34. The van der Waals surface area contributed by atoms with Crippen molar-refractivity contribution in [2.75, 3.05) is 20.3 Å². The van der Waals surface area contributed by atoms with Crippen LogP contribution in [0.4, 0.5) is 0 Å². The van der Waals surface area contributed by atoms with Gasteiger partial charge in [0.2, 0.25) is 0 Å². The van der Waals surface area contributed by atoms with Gasteiger partial charge in [-0.3, -0.25) is 0 Å². The Balaban J connectivity index is 2.47. The smallest absolute Gasteiger partial charge is 0.0950 e. The Labute approximate surface area is 79.1 Å². The molecule has 1 rings (SSSR count). The van der Waals surface area contributed by atoms with E-state index in [2.05, 4.69) is 12.2 Å². The molecule has 3 heteroatoms. The molecule has 0 fully saturated rings. The molecular formula is C10H17NO2. The van der Waals surface area contributed by atoms with Crippen molar-refractivity contribution in [2.24, 2.45) is 0 Å². The predicted molar refractivity (Wildman–Crippen MR) is 51.6 cm³/mol. The SMILES string of the molecule is CCNC(CCOC)c1ccoc1. The minimum atomic E-state index is 0.351. The molecule has 0 aromatic carbocycles. The van der Waals surface area contributed by atoms with Gasteiger partial charge in [-0.15, -0.1) is 0 Å².